The van der Waals surface area contributed by atoms with Gasteiger partial charge in [0.1, 0.15) is 12.4 Å². The molecule has 2 rings (SSSR count). The highest BCUT2D eigenvalue weighted by Crippen LogP contribution is 2.26. The number of carbonyl (C=O) groups is 2. The Kier molecular flexibility index (Phi) is 5.31. The minimum atomic E-state index is -0.359. The maximum absolute atomic E-state index is 11.1. The molecule has 0 bridgehead atoms. The highest BCUT2D eigenvalue weighted by Gasteiger charge is 2.05. The lowest BCUT2D eigenvalue weighted by atomic mass is 10.0. The molecule has 0 saturated carbocycles. The molecule has 0 aliphatic carbocycles. The topological polar surface area (TPSA) is 52.6 Å². The number of esters is 2. The molecule has 4 heteroatoms. The summed E-state index contributed by atoms with van der Waals surface area (Å²) in [5.41, 5.74) is 0.905. The third kappa shape index (κ3) is 4.19. The monoisotopic (exact) mass is 298 g/mol. The van der Waals surface area contributed by atoms with Gasteiger partial charge in [0.15, 0.2) is 0 Å². The van der Waals surface area contributed by atoms with Crippen LogP contribution >= 0.6 is 0 Å². The zero-order valence-corrected chi connectivity index (χ0v) is 12.7. The molecule has 114 valence electrons. The molecule has 0 radical (unpaired) electrons. The number of benzene rings is 2. The van der Waals surface area contributed by atoms with E-state index in [9.17, 15) is 9.59 Å². The normalized spacial score (nSPS) is 10.8. The van der Waals surface area contributed by atoms with Crippen molar-refractivity contribution in [3.63, 3.8) is 0 Å². The van der Waals surface area contributed by atoms with E-state index in [-0.39, 0.29) is 18.5 Å². The Balaban J connectivity index is 2.27. The van der Waals surface area contributed by atoms with Gasteiger partial charge in [-0.05, 0) is 34.5 Å². The first-order valence-corrected chi connectivity index (χ1v) is 7.13. The number of hydrogen-bond acceptors (Lipinski definition) is 4. The number of carbonyl (C=O) groups excluding carboxylic acids is 2. The molecule has 2 aromatic carbocycles. The van der Waals surface area contributed by atoms with E-state index < -0.39 is 0 Å². The Morgan fingerprint density at radius 1 is 1.18 bits per heavy atom. The first kappa shape index (κ1) is 15.8. The average Bonchev–Trinajstić information content (AvgIpc) is 2.50. The van der Waals surface area contributed by atoms with Gasteiger partial charge in [-0.25, -0.2) is 0 Å². The molecule has 4 nitrogen and oxygen atoms in total. The number of rotatable bonds is 5. The average molecular weight is 298 g/mol. The lowest BCUT2D eigenvalue weighted by molar-refractivity contribution is -0.142. The number of ether oxygens (including phenoxy) is 2. The molecule has 0 aliphatic heterocycles. The van der Waals surface area contributed by atoms with Crippen LogP contribution in [0, 0.1) is 0 Å². The summed E-state index contributed by atoms with van der Waals surface area (Å²) in [5.74, 6) is -0.0957. The van der Waals surface area contributed by atoms with Crippen molar-refractivity contribution >= 4 is 28.8 Å². The van der Waals surface area contributed by atoms with E-state index in [4.69, 9.17) is 9.47 Å². The van der Waals surface area contributed by atoms with Gasteiger partial charge in [-0.1, -0.05) is 37.3 Å². The van der Waals surface area contributed by atoms with Gasteiger partial charge in [0.2, 0.25) is 0 Å². The van der Waals surface area contributed by atoms with Crippen molar-refractivity contribution in [2.75, 3.05) is 6.61 Å². The van der Waals surface area contributed by atoms with Gasteiger partial charge in [0.25, 0.3) is 0 Å². The Bertz CT molecular complexity index is 716. The lowest BCUT2D eigenvalue weighted by Gasteiger charge is -2.07. The van der Waals surface area contributed by atoms with Crippen molar-refractivity contribution in [2.45, 2.75) is 20.3 Å². The molecular weight excluding hydrogens is 280 g/mol. The second-order valence-corrected chi connectivity index (χ2v) is 4.77. The molecule has 0 aliphatic rings. The second kappa shape index (κ2) is 7.41. The van der Waals surface area contributed by atoms with Gasteiger partial charge in [-0.3, -0.25) is 9.59 Å². The highest BCUT2D eigenvalue weighted by molar-refractivity contribution is 5.92. The van der Waals surface area contributed by atoms with Crippen molar-refractivity contribution < 1.29 is 19.1 Å². The zero-order chi connectivity index (χ0) is 15.9. The second-order valence-electron chi connectivity index (χ2n) is 4.77. The summed E-state index contributed by atoms with van der Waals surface area (Å²) in [7, 11) is 0. The van der Waals surface area contributed by atoms with Gasteiger partial charge in [-0.2, -0.15) is 0 Å². The van der Waals surface area contributed by atoms with E-state index in [1.54, 1.807) is 19.1 Å². The van der Waals surface area contributed by atoms with Crippen LogP contribution in [0.2, 0.25) is 0 Å². The van der Waals surface area contributed by atoms with Crippen LogP contribution in [0.4, 0.5) is 0 Å². The SMILES string of the molecule is CCC(=O)OC/C=C/c1cc(OC(C)=O)cc2ccccc12. The van der Waals surface area contributed by atoms with Crippen LogP contribution in [0.1, 0.15) is 25.8 Å². The van der Waals surface area contributed by atoms with Gasteiger partial charge in [-0.15, -0.1) is 0 Å². The van der Waals surface area contributed by atoms with Crippen LogP contribution in [0.5, 0.6) is 5.75 Å². The molecule has 0 atom stereocenters. The third-order valence-electron chi connectivity index (χ3n) is 3.06. The van der Waals surface area contributed by atoms with Crippen LogP contribution in [-0.2, 0) is 14.3 Å². The molecule has 0 amide bonds. The molecule has 0 N–H and O–H groups in total. The van der Waals surface area contributed by atoms with Crippen LogP contribution in [0.15, 0.2) is 42.5 Å². The van der Waals surface area contributed by atoms with Gasteiger partial charge < -0.3 is 9.47 Å². The van der Waals surface area contributed by atoms with Crippen LogP contribution < -0.4 is 4.74 Å². The maximum Gasteiger partial charge on any atom is 0.308 e. The zero-order valence-electron chi connectivity index (χ0n) is 12.7. The molecule has 2 aromatic rings. The summed E-state index contributed by atoms with van der Waals surface area (Å²) in [6.45, 7) is 3.34. The van der Waals surface area contributed by atoms with E-state index in [0.29, 0.717) is 12.2 Å². The Labute approximate surface area is 129 Å². The summed E-state index contributed by atoms with van der Waals surface area (Å²) in [5, 5.41) is 2.02. The first-order valence-electron chi connectivity index (χ1n) is 7.13. The summed E-state index contributed by atoms with van der Waals surface area (Å²) in [6.07, 6.45) is 3.99. The Morgan fingerprint density at radius 2 is 1.95 bits per heavy atom. The molecule has 0 unspecified atom stereocenters. The lowest BCUT2D eigenvalue weighted by Crippen LogP contribution is -2.02. The van der Waals surface area contributed by atoms with Crippen molar-refractivity contribution in [1.82, 2.24) is 0 Å². The van der Waals surface area contributed by atoms with Crippen LogP contribution in [0.3, 0.4) is 0 Å². The summed E-state index contributed by atoms with van der Waals surface area (Å²) in [6, 6.07) is 11.4. The molecule has 0 aromatic heterocycles. The fraction of sp³-hybridized carbons (Fsp3) is 0.222. The van der Waals surface area contributed by atoms with Gasteiger partial charge in [0, 0.05) is 13.3 Å². The van der Waals surface area contributed by atoms with E-state index in [0.717, 1.165) is 16.3 Å². The predicted octanol–water partition coefficient (Wildman–Crippen LogP) is 3.73. The fourth-order valence-corrected chi connectivity index (χ4v) is 2.09. The standard InChI is InChI=1S/C18H18O4/c1-3-18(20)21-10-6-8-15-12-16(22-13(2)19)11-14-7-4-5-9-17(14)15/h4-9,11-12H,3,10H2,1-2H3/b8-6+. The number of hydrogen-bond donors (Lipinski definition) is 0. The maximum atomic E-state index is 11.1. The Hall–Kier alpha value is -2.62. The van der Waals surface area contributed by atoms with E-state index in [2.05, 4.69) is 0 Å². The summed E-state index contributed by atoms with van der Waals surface area (Å²) < 4.78 is 10.2. The first-order chi connectivity index (χ1) is 10.6. The molecule has 22 heavy (non-hydrogen) atoms. The van der Waals surface area contributed by atoms with Crippen molar-refractivity contribution in [3.8, 4) is 5.75 Å². The molecule has 0 spiro atoms. The molecular formula is C18H18O4. The fourth-order valence-electron chi connectivity index (χ4n) is 2.09. The van der Waals surface area contributed by atoms with Crippen LogP contribution in [0.25, 0.3) is 16.8 Å². The quantitative estimate of drug-likeness (QED) is 0.623. The van der Waals surface area contributed by atoms with E-state index in [1.807, 2.05) is 36.4 Å². The molecule has 0 heterocycles. The van der Waals surface area contributed by atoms with Crippen molar-refractivity contribution in [1.29, 1.82) is 0 Å². The van der Waals surface area contributed by atoms with E-state index in [1.165, 1.54) is 6.92 Å². The Morgan fingerprint density at radius 3 is 2.68 bits per heavy atom. The largest absolute Gasteiger partial charge is 0.461 e. The summed E-state index contributed by atoms with van der Waals surface area (Å²) in [4.78, 5) is 22.2. The minimum absolute atomic E-state index is 0.221. The van der Waals surface area contributed by atoms with Gasteiger partial charge in [0.05, 0.1) is 0 Å². The third-order valence-corrected chi connectivity index (χ3v) is 3.06. The molecule has 0 fully saturated rings. The molecule has 0 saturated heterocycles. The van der Waals surface area contributed by atoms with Gasteiger partial charge >= 0.3 is 11.9 Å². The van der Waals surface area contributed by atoms with Crippen molar-refractivity contribution in [2.24, 2.45) is 0 Å². The minimum Gasteiger partial charge on any atom is -0.461 e. The van der Waals surface area contributed by atoms with Crippen molar-refractivity contribution in [3.05, 3.63) is 48.0 Å². The van der Waals surface area contributed by atoms with Crippen LogP contribution in [-0.4, -0.2) is 18.5 Å². The number of fused-ring (bicyclic) bond motifs is 1. The highest BCUT2D eigenvalue weighted by atomic mass is 16.5. The summed E-state index contributed by atoms with van der Waals surface area (Å²) >= 11 is 0. The smallest absolute Gasteiger partial charge is 0.308 e. The van der Waals surface area contributed by atoms with E-state index >= 15 is 0 Å². The predicted molar refractivity (Wildman–Crippen MR) is 85.5 cm³/mol.